The maximum absolute atomic E-state index is 11.2. The molecule has 0 saturated heterocycles. The topological polar surface area (TPSA) is 26.3 Å². The highest BCUT2D eigenvalue weighted by molar-refractivity contribution is 5.69. The van der Waals surface area contributed by atoms with Crippen LogP contribution in [0.25, 0.3) is 0 Å². The molecule has 0 bridgehead atoms. The molecule has 0 N–H and O–H groups in total. The number of hydrogen-bond donors (Lipinski definition) is 0. The molecule has 0 rings (SSSR count). The highest BCUT2D eigenvalue weighted by atomic mass is 16.5. The molecule has 0 aromatic rings. The Bertz CT molecular complexity index is 309. The van der Waals surface area contributed by atoms with Crippen molar-refractivity contribution in [3.8, 4) is 0 Å². The van der Waals surface area contributed by atoms with Gasteiger partial charge in [0.2, 0.25) is 0 Å². The Morgan fingerprint density at radius 3 is 1.58 bits per heavy atom. The highest BCUT2D eigenvalue weighted by Crippen LogP contribution is 2.11. The minimum Gasteiger partial charge on any atom is -0.466 e. The first-order valence-electron chi connectivity index (χ1n) is 11.6. The van der Waals surface area contributed by atoms with Crippen LogP contribution in [0.4, 0.5) is 0 Å². The molecule has 0 radical (unpaired) electrons. The first-order chi connectivity index (χ1) is 12.8. The van der Waals surface area contributed by atoms with Crippen LogP contribution in [-0.4, -0.2) is 12.6 Å². The normalized spacial score (nSPS) is 11.3. The molecule has 0 heterocycles. The summed E-state index contributed by atoms with van der Waals surface area (Å²) in [5.74, 6) is -0.0338. The summed E-state index contributed by atoms with van der Waals surface area (Å²) >= 11 is 0. The van der Waals surface area contributed by atoms with Crippen LogP contribution in [0.5, 0.6) is 0 Å². The van der Waals surface area contributed by atoms with Crippen molar-refractivity contribution < 1.29 is 9.53 Å². The lowest BCUT2D eigenvalue weighted by atomic mass is 10.1. The molecule has 154 valence electrons. The molecule has 0 atom stereocenters. The second-order valence-corrected chi connectivity index (χ2v) is 7.62. The lowest BCUT2D eigenvalue weighted by molar-refractivity contribution is -0.143. The predicted octanol–water partition coefficient (Wildman–Crippen LogP) is 8.15. The zero-order valence-corrected chi connectivity index (χ0v) is 17.9. The third kappa shape index (κ3) is 21.3. The van der Waals surface area contributed by atoms with Crippen LogP contribution in [0.2, 0.25) is 0 Å². The van der Waals surface area contributed by atoms with E-state index >= 15 is 0 Å². The number of carbonyl (C=O) groups is 1. The molecule has 0 aliphatic rings. The summed E-state index contributed by atoms with van der Waals surface area (Å²) in [5, 5.41) is 0. The lowest BCUT2D eigenvalue weighted by Crippen LogP contribution is -2.04. The average molecular weight is 367 g/mol. The van der Waals surface area contributed by atoms with E-state index in [1.54, 1.807) is 0 Å². The largest absolute Gasteiger partial charge is 0.466 e. The van der Waals surface area contributed by atoms with Gasteiger partial charge in [-0.1, -0.05) is 96.6 Å². The van der Waals surface area contributed by atoms with E-state index in [0.717, 1.165) is 12.8 Å². The molecule has 0 aromatic carbocycles. The second-order valence-electron chi connectivity index (χ2n) is 7.62. The van der Waals surface area contributed by atoms with Gasteiger partial charge in [0, 0.05) is 6.42 Å². The second kappa shape index (κ2) is 22.3. The quantitative estimate of drug-likeness (QED) is 0.123. The van der Waals surface area contributed by atoms with Gasteiger partial charge in [0.25, 0.3) is 0 Å². The van der Waals surface area contributed by atoms with Crippen molar-refractivity contribution in [2.45, 2.75) is 129 Å². The molecule has 2 heteroatoms. The van der Waals surface area contributed by atoms with Gasteiger partial charge in [0.1, 0.15) is 0 Å². The van der Waals surface area contributed by atoms with Crippen molar-refractivity contribution >= 4 is 5.97 Å². The number of allylic oxidation sites excluding steroid dienone is 2. The summed E-state index contributed by atoms with van der Waals surface area (Å²) in [6.45, 7) is 4.90. The van der Waals surface area contributed by atoms with E-state index in [2.05, 4.69) is 19.1 Å². The van der Waals surface area contributed by atoms with Crippen molar-refractivity contribution in [3.05, 3.63) is 12.2 Å². The van der Waals surface area contributed by atoms with Crippen molar-refractivity contribution in [3.63, 3.8) is 0 Å². The molecule has 26 heavy (non-hydrogen) atoms. The van der Waals surface area contributed by atoms with Crippen molar-refractivity contribution in [2.24, 2.45) is 0 Å². The molecular formula is C24H46O2. The van der Waals surface area contributed by atoms with Gasteiger partial charge in [0.15, 0.2) is 0 Å². The van der Waals surface area contributed by atoms with Crippen molar-refractivity contribution in [1.82, 2.24) is 0 Å². The zero-order valence-electron chi connectivity index (χ0n) is 17.9. The fourth-order valence-electron chi connectivity index (χ4n) is 3.17. The number of ether oxygens (including phenoxy) is 1. The van der Waals surface area contributed by atoms with Crippen LogP contribution in [0.1, 0.15) is 129 Å². The molecule has 0 unspecified atom stereocenters. The zero-order chi connectivity index (χ0) is 19.1. The summed E-state index contributed by atoms with van der Waals surface area (Å²) in [4.78, 5) is 11.2. The van der Waals surface area contributed by atoms with E-state index in [-0.39, 0.29) is 5.97 Å². The van der Waals surface area contributed by atoms with E-state index < -0.39 is 0 Å². The third-order valence-corrected chi connectivity index (χ3v) is 4.87. The maximum Gasteiger partial charge on any atom is 0.305 e. The van der Waals surface area contributed by atoms with Gasteiger partial charge in [0.05, 0.1) is 6.61 Å². The average Bonchev–Trinajstić information content (AvgIpc) is 2.64. The minimum atomic E-state index is -0.0338. The molecule has 0 fully saturated rings. The molecule has 0 amide bonds. The number of esters is 1. The molecule has 0 saturated carbocycles. The summed E-state index contributed by atoms with van der Waals surface area (Å²) in [6, 6.07) is 0. The van der Waals surface area contributed by atoms with Gasteiger partial charge in [-0.05, 0) is 38.5 Å². The summed E-state index contributed by atoms with van der Waals surface area (Å²) in [7, 11) is 0. The Morgan fingerprint density at radius 2 is 1.08 bits per heavy atom. The van der Waals surface area contributed by atoms with E-state index in [9.17, 15) is 4.79 Å². The van der Waals surface area contributed by atoms with Gasteiger partial charge < -0.3 is 4.74 Å². The Kier molecular flexibility index (Phi) is 21.6. The predicted molar refractivity (Wildman–Crippen MR) is 115 cm³/mol. The van der Waals surface area contributed by atoms with Crippen LogP contribution in [0, 0.1) is 0 Å². The van der Waals surface area contributed by atoms with E-state index in [1.165, 1.54) is 96.3 Å². The summed E-state index contributed by atoms with van der Waals surface area (Å²) in [5.41, 5.74) is 0. The minimum absolute atomic E-state index is 0.0338. The standard InChI is InChI=1S/C24H46O2/c1-3-5-6-7-8-9-10-11-12-13-14-15-16-17-18-19-20-21-23-26-24(25)22-4-2/h11-12H,3-10,13-23H2,1-2H3/b12-11-. The smallest absolute Gasteiger partial charge is 0.305 e. The van der Waals surface area contributed by atoms with Crippen molar-refractivity contribution in [1.29, 1.82) is 0 Å². The fraction of sp³-hybridized carbons (Fsp3) is 0.875. The summed E-state index contributed by atoms with van der Waals surface area (Å²) in [6.07, 6.45) is 27.4. The molecule has 0 aliphatic heterocycles. The SMILES string of the molecule is CCCCCCCC/C=C\CCCCCCCCCCOC(=O)CCC. The molecular weight excluding hydrogens is 320 g/mol. The number of carbonyl (C=O) groups excluding carboxylic acids is 1. The third-order valence-electron chi connectivity index (χ3n) is 4.87. The highest BCUT2D eigenvalue weighted by Gasteiger charge is 1.99. The Morgan fingerprint density at radius 1 is 0.615 bits per heavy atom. The maximum atomic E-state index is 11.2. The van der Waals surface area contributed by atoms with Crippen LogP contribution in [0.3, 0.4) is 0 Å². The summed E-state index contributed by atoms with van der Waals surface area (Å²) < 4.78 is 5.17. The molecule has 0 aromatic heterocycles. The van der Waals surface area contributed by atoms with E-state index in [1.807, 2.05) is 6.92 Å². The molecule has 2 nitrogen and oxygen atoms in total. The fourth-order valence-corrected chi connectivity index (χ4v) is 3.17. The Hall–Kier alpha value is -0.790. The van der Waals surface area contributed by atoms with Gasteiger partial charge in [-0.25, -0.2) is 0 Å². The van der Waals surface area contributed by atoms with Gasteiger partial charge in [-0.2, -0.15) is 0 Å². The van der Waals surface area contributed by atoms with Crippen LogP contribution >= 0.6 is 0 Å². The number of unbranched alkanes of at least 4 members (excludes halogenated alkanes) is 14. The number of hydrogen-bond acceptors (Lipinski definition) is 2. The monoisotopic (exact) mass is 366 g/mol. The Balaban J connectivity index is 3.10. The first kappa shape index (κ1) is 25.2. The molecule has 0 spiro atoms. The van der Waals surface area contributed by atoms with Crippen LogP contribution in [-0.2, 0) is 9.53 Å². The number of rotatable bonds is 20. The lowest BCUT2D eigenvalue weighted by Gasteiger charge is -2.04. The van der Waals surface area contributed by atoms with Gasteiger partial charge >= 0.3 is 5.97 Å². The van der Waals surface area contributed by atoms with E-state index in [4.69, 9.17) is 4.74 Å². The first-order valence-corrected chi connectivity index (χ1v) is 11.6. The Labute approximate surface area is 164 Å². The van der Waals surface area contributed by atoms with Crippen LogP contribution < -0.4 is 0 Å². The molecule has 0 aliphatic carbocycles. The van der Waals surface area contributed by atoms with Crippen LogP contribution in [0.15, 0.2) is 12.2 Å². The van der Waals surface area contributed by atoms with Gasteiger partial charge in [-0.15, -0.1) is 0 Å². The van der Waals surface area contributed by atoms with Crippen molar-refractivity contribution in [2.75, 3.05) is 6.61 Å². The van der Waals surface area contributed by atoms with Gasteiger partial charge in [-0.3, -0.25) is 4.79 Å². The van der Waals surface area contributed by atoms with E-state index in [0.29, 0.717) is 13.0 Å².